The quantitative estimate of drug-likeness (QED) is 0.196. The number of nitrogens with one attached hydrogen (secondary N) is 1. The van der Waals surface area contributed by atoms with E-state index in [1.807, 2.05) is 25.1 Å². The third-order valence-corrected chi connectivity index (χ3v) is 10.1. The summed E-state index contributed by atoms with van der Waals surface area (Å²) in [5.41, 5.74) is 2.48. The maximum atomic E-state index is 6.48. The van der Waals surface area contributed by atoms with Crippen LogP contribution in [0.1, 0.15) is 65.3 Å². The first-order valence-electron chi connectivity index (χ1n) is 17.8. The van der Waals surface area contributed by atoms with E-state index >= 15 is 0 Å². The zero-order chi connectivity index (χ0) is 34.5. The van der Waals surface area contributed by atoms with Crippen molar-refractivity contribution in [3.63, 3.8) is 0 Å². The Morgan fingerprint density at radius 2 is 1.72 bits per heavy atom. The average molecular weight is 707 g/mol. The van der Waals surface area contributed by atoms with E-state index in [2.05, 4.69) is 60.4 Å². The molecule has 0 bridgehead atoms. The van der Waals surface area contributed by atoms with Gasteiger partial charge in [-0.25, -0.2) is 14.6 Å². The molecule has 3 fully saturated rings. The second-order valence-electron chi connectivity index (χ2n) is 13.9. The molecule has 2 aliphatic heterocycles. The monoisotopic (exact) mass is 706 g/mol. The fourth-order valence-corrected chi connectivity index (χ4v) is 7.45. The smallest absolute Gasteiger partial charge is 0.256 e. The molecule has 3 aliphatic rings. The van der Waals surface area contributed by atoms with Gasteiger partial charge in [-0.1, -0.05) is 17.7 Å². The van der Waals surface area contributed by atoms with Gasteiger partial charge in [0.2, 0.25) is 5.95 Å². The molecule has 15 heteroatoms. The Morgan fingerprint density at radius 1 is 0.980 bits per heavy atom. The standard InChI is InChI=1S/C35H47ClN10O4/c1-23-17-44(18-24(2)49-23)29-5-7-30(8-6-29)46-20-32(34(41-46)48-21-26-10-12-47-13-11-26)40-35-37-15-28(16-38-35)27-4-9-31(36)33(14-27)50-25(3)19-45-22-39-42-43-45/h4,9,14-16,20,22-26,29-30H,5-8,10-13,17-19,21H2,1-3H3,(H,37,38,40)/t23-,24+,25-,29-,30-/m0/s1. The van der Waals surface area contributed by atoms with Crippen LogP contribution in [0.4, 0.5) is 11.6 Å². The van der Waals surface area contributed by atoms with Gasteiger partial charge in [-0.15, -0.1) is 10.2 Å². The number of ether oxygens (including phenoxy) is 4. The van der Waals surface area contributed by atoms with Gasteiger partial charge in [0.25, 0.3) is 5.88 Å². The predicted molar refractivity (Wildman–Crippen MR) is 188 cm³/mol. The van der Waals surface area contributed by atoms with Crippen molar-refractivity contribution >= 4 is 23.2 Å². The number of aromatic nitrogens is 8. The molecule has 0 unspecified atom stereocenters. The molecule has 1 N–H and O–H groups in total. The lowest BCUT2D eigenvalue weighted by Gasteiger charge is -2.42. The highest BCUT2D eigenvalue weighted by molar-refractivity contribution is 6.32. The zero-order valence-corrected chi connectivity index (χ0v) is 29.8. The highest BCUT2D eigenvalue weighted by Gasteiger charge is 2.32. The molecule has 268 valence electrons. The molecular weight excluding hydrogens is 660 g/mol. The highest BCUT2D eigenvalue weighted by Crippen LogP contribution is 2.36. The van der Waals surface area contributed by atoms with Crippen LogP contribution in [0, 0.1) is 5.92 Å². The van der Waals surface area contributed by atoms with Crippen molar-refractivity contribution in [3.05, 3.63) is 48.1 Å². The first-order valence-corrected chi connectivity index (χ1v) is 18.2. The minimum absolute atomic E-state index is 0.203. The fraction of sp³-hybridized carbons (Fsp3) is 0.600. The SMILES string of the molecule is C[C@@H]1CN([C@H]2CC[C@H](n3cc(Nc4ncc(-c5ccc(Cl)c(O[C@@H](C)Cn6cnnn6)c5)cn4)c(OCC4CCOCC4)n3)CC2)C[C@H](C)O1. The fourth-order valence-electron chi connectivity index (χ4n) is 7.28. The number of rotatable bonds is 12. The van der Waals surface area contributed by atoms with Gasteiger partial charge in [0.15, 0.2) is 0 Å². The molecule has 7 rings (SSSR count). The normalized spacial score (nSPS) is 24.2. The number of tetrazole rings is 1. The highest BCUT2D eigenvalue weighted by atomic mass is 35.5. The number of hydrogen-bond donors (Lipinski definition) is 1. The molecule has 0 radical (unpaired) electrons. The molecule has 4 aromatic rings. The van der Waals surface area contributed by atoms with Crippen LogP contribution in [0.3, 0.4) is 0 Å². The molecule has 0 spiro atoms. The molecule has 14 nitrogen and oxygen atoms in total. The molecule has 2 saturated heterocycles. The van der Waals surface area contributed by atoms with E-state index < -0.39 is 0 Å². The first-order chi connectivity index (χ1) is 24.4. The minimum Gasteiger partial charge on any atom is -0.487 e. The number of anilines is 2. The summed E-state index contributed by atoms with van der Waals surface area (Å²) in [7, 11) is 0. The third kappa shape index (κ3) is 8.71. The van der Waals surface area contributed by atoms with Crippen LogP contribution in [0.2, 0.25) is 5.02 Å². The van der Waals surface area contributed by atoms with Crippen LogP contribution in [0.15, 0.2) is 43.1 Å². The van der Waals surface area contributed by atoms with Gasteiger partial charge in [-0.2, -0.15) is 0 Å². The second-order valence-corrected chi connectivity index (χ2v) is 14.3. The summed E-state index contributed by atoms with van der Waals surface area (Å²) in [6.45, 7) is 11.0. The van der Waals surface area contributed by atoms with Crippen molar-refractivity contribution in [2.24, 2.45) is 5.92 Å². The average Bonchev–Trinajstić information content (AvgIpc) is 3.79. The lowest BCUT2D eigenvalue weighted by atomic mass is 9.89. The minimum atomic E-state index is -0.203. The number of benzene rings is 1. The van der Waals surface area contributed by atoms with Gasteiger partial charge in [0.05, 0.1) is 42.6 Å². The number of halogens is 1. The van der Waals surface area contributed by atoms with Crippen LogP contribution in [-0.4, -0.2) is 102 Å². The van der Waals surface area contributed by atoms with Crippen molar-refractivity contribution < 1.29 is 18.9 Å². The van der Waals surface area contributed by atoms with Crippen LogP contribution in [-0.2, 0) is 16.0 Å². The van der Waals surface area contributed by atoms with E-state index in [0.29, 0.717) is 53.8 Å². The van der Waals surface area contributed by atoms with Crippen molar-refractivity contribution in [1.82, 2.24) is 44.9 Å². The molecule has 1 aromatic carbocycles. The Balaban J connectivity index is 1.03. The van der Waals surface area contributed by atoms with Gasteiger partial charge >= 0.3 is 0 Å². The topological polar surface area (TPSA) is 139 Å². The maximum absolute atomic E-state index is 6.48. The zero-order valence-electron chi connectivity index (χ0n) is 29.0. The lowest BCUT2D eigenvalue weighted by Crippen LogP contribution is -2.51. The summed E-state index contributed by atoms with van der Waals surface area (Å²) in [5.74, 6) is 2.05. The summed E-state index contributed by atoms with van der Waals surface area (Å²) in [4.78, 5) is 11.9. The maximum Gasteiger partial charge on any atom is 0.256 e. The number of hydrogen-bond acceptors (Lipinski definition) is 12. The summed E-state index contributed by atoms with van der Waals surface area (Å²) in [6.07, 6.45) is 14.0. The molecule has 1 aliphatic carbocycles. The molecule has 0 amide bonds. The summed E-state index contributed by atoms with van der Waals surface area (Å²) < 4.78 is 27.7. The van der Waals surface area contributed by atoms with Crippen molar-refractivity contribution in [1.29, 1.82) is 0 Å². The Hall–Kier alpha value is -3.85. The van der Waals surface area contributed by atoms with Crippen molar-refractivity contribution in [3.8, 4) is 22.8 Å². The van der Waals surface area contributed by atoms with Crippen LogP contribution in [0.5, 0.6) is 11.6 Å². The van der Waals surface area contributed by atoms with E-state index in [1.54, 1.807) is 23.4 Å². The van der Waals surface area contributed by atoms with E-state index in [4.69, 9.17) is 35.6 Å². The van der Waals surface area contributed by atoms with Gasteiger partial charge in [-0.05, 0) is 93.3 Å². The second kappa shape index (κ2) is 16.0. The summed E-state index contributed by atoms with van der Waals surface area (Å²) >= 11 is 6.48. The molecular formula is C35H47ClN10O4. The Morgan fingerprint density at radius 3 is 2.44 bits per heavy atom. The van der Waals surface area contributed by atoms with Crippen LogP contribution < -0.4 is 14.8 Å². The molecule has 5 heterocycles. The van der Waals surface area contributed by atoms with Gasteiger partial charge in [-0.3, -0.25) is 9.58 Å². The van der Waals surface area contributed by atoms with Crippen LogP contribution >= 0.6 is 11.6 Å². The number of nitrogens with zero attached hydrogens (tertiary/aromatic N) is 9. The van der Waals surface area contributed by atoms with Gasteiger partial charge in [0, 0.05) is 50.3 Å². The molecule has 1 saturated carbocycles. The summed E-state index contributed by atoms with van der Waals surface area (Å²) in [6, 6.07) is 6.53. The summed E-state index contributed by atoms with van der Waals surface area (Å²) in [5, 5.41) is 20.1. The Kier molecular flexibility index (Phi) is 11.1. The Bertz CT molecular complexity index is 1650. The molecule has 50 heavy (non-hydrogen) atoms. The van der Waals surface area contributed by atoms with E-state index in [-0.39, 0.29) is 18.3 Å². The first kappa shape index (κ1) is 34.6. The third-order valence-electron chi connectivity index (χ3n) is 9.83. The Labute approximate surface area is 297 Å². The molecule has 3 aromatic heterocycles. The van der Waals surface area contributed by atoms with E-state index in [0.717, 1.165) is 81.6 Å². The van der Waals surface area contributed by atoms with E-state index in [1.165, 1.54) is 0 Å². The van der Waals surface area contributed by atoms with Gasteiger partial charge in [0.1, 0.15) is 23.9 Å². The number of morpholine rings is 1. The lowest BCUT2D eigenvalue weighted by molar-refractivity contribution is -0.0852. The molecule has 3 atom stereocenters. The predicted octanol–water partition coefficient (Wildman–Crippen LogP) is 5.59. The largest absolute Gasteiger partial charge is 0.487 e. The van der Waals surface area contributed by atoms with Crippen LogP contribution in [0.25, 0.3) is 11.1 Å². The van der Waals surface area contributed by atoms with Crippen molar-refractivity contribution in [2.75, 3.05) is 38.2 Å². The van der Waals surface area contributed by atoms with Gasteiger partial charge < -0.3 is 24.3 Å². The van der Waals surface area contributed by atoms with Crippen molar-refractivity contribution in [2.45, 2.75) is 96.2 Å². The van der Waals surface area contributed by atoms with E-state index in [9.17, 15) is 0 Å².